The Morgan fingerprint density at radius 1 is 1.12 bits per heavy atom. The second-order valence-corrected chi connectivity index (χ2v) is 8.99. The van der Waals surface area contributed by atoms with Gasteiger partial charge in [-0.1, -0.05) is 42.5 Å². The Morgan fingerprint density at radius 2 is 1.88 bits per heavy atom. The summed E-state index contributed by atoms with van der Waals surface area (Å²) in [4.78, 5) is 9.60. The molecular formula is C25H20FN5O2S. The molecule has 2 aromatic carbocycles. The molecule has 2 N–H and O–H groups in total. The molecule has 3 aromatic heterocycles. The van der Waals surface area contributed by atoms with Crippen molar-refractivity contribution in [2.45, 2.75) is 19.9 Å². The summed E-state index contributed by atoms with van der Waals surface area (Å²) >= 11 is 1.14. The van der Waals surface area contributed by atoms with Gasteiger partial charge in [-0.25, -0.2) is 14.4 Å². The number of thiophene rings is 1. The first-order chi connectivity index (χ1) is 16.4. The molecule has 5 aromatic rings. The molecule has 0 amide bonds. The first-order valence-electron chi connectivity index (χ1n) is 10.6. The number of nitrogens with two attached hydrogens (primary N) is 1. The molecule has 0 spiro atoms. The van der Waals surface area contributed by atoms with E-state index in [0.717, 1.165) is 16.9 Å². The number of nitrogen functional groups attached to an aromatic ring is 1. The van der Waals surface area contributed by atoms with Gasteiger partial charge in [-0.15, -0.1) is 11.3 Å². The summed E-state index contributed by atoms with van der Waals surface area (Å²) in [5.41, 5.74) is 9.62. The fraction of sp³-hybridized carbons (Fsp3) is 0.120. The van der Waals surface area contributed by atoms with E-state index in [4.69, 9.17) is 15.2 Å². The highest BCUT2D eigenvalue weighted by Crippen LogP contribution is 2.41. The average molecular weight is 474 g/mol. The van der Waals surface area contributed by atoms with Crippen LogP contribution in [0.5, 0.6) is 0 Å². The van der Waals surface area contributed by atoms with E-state index in [1.165, 1.54) is 12.1 Å². The van der Waals surface area contributed by atoms with Crippen LogP contribution in [0.15, 0.2) is 76.4 Å². The van der Waals surface area contributed by atoms with Crippen LogP contribution in [0.3, 0.4) is 0 Å². The van der Waals surface area contributed by atoms with Gasteiger partial charge in [-0.3, -0.25) is 4.52 Å². The molecule has 0 fully saturated rings. The van der Waals surface area contributed by atoms with E-state index in [1.807, 2.05) is 50.2 Å². The van der Waals surface area contributed by atoms with Crippen LogP contribution in [0.1, 0.15) is 24.8 Å². The molecule has 9 heteroatoms. The van der Waals surface area contributed by atoms with Crippen molar-refractivity contribution in [2.75, 3.05) is 5.73 Å². The van der Waals surface area contributed by atoms with Gasteiger partial charge in [0.2, 0.25) is 5.27 Å². The number of fused-ring (bicyclic) bond motifs is 1. The Kier molecular flexibility index (Phi) is 5.54. The van der Waals surface area contributed by atoms with Gasteiger partial charge in [0.15, 0.2) is 6.04 Å². The molecule has 0 saturated heterocycles. The Bertz CT molecular complexity index is 1530. The van der Waals surface area contributed by atoms with Crippen LogP contribution >= 0.6 is 11.3 Å². The topological polar surface area (TPSA) is 104 Å². The van der Waals surface area contributed by atoms with Crippen molar-refractivity contribution in [3.8, 4) is 22.4 Å². The van der Waals surface area contributed by atoms with Crippen LogP contribution in [0.2, 0.25) is 0 Å². The molecule has 0 radical (unpaired) electrons. The molecular weight excluding hydrogens is 453 g/mol. The van der Waals surface area contributed by atoms with E-state index < -0.39 is 5.90 Å². The Morgan fingerprint density at radius 3 is 2.59 bits per heavy atom. The summed E-state index contributed by atoms with van der Waals surface area (Å²) in [5.74, 6) is -0.842. The fourth-order valence-corrected chi connectivity index (χ4v) is 4.62. The SMILES string of the molecule is CC(C)[n+]1cc(/N=C(\[O-])c2sc3nc(-c4ccccc4)cc(-c4cccc(F)c4)c3c2N)on1. The standard InChI is InChI=1S/C25H20FN5O2S/c1-14(2)31-13-20(33-30-31)29-24(32)23-22(27)21-18(16-9-6-10-17(26)11-16)12-19(28-25(21)34-23)15-7-4-3-5-8-15/h3-14H,1-2H3,(H2-,27,29,30,32). The molecule has 170 valence electrons. The van der Waals surface area contributed by atoms with Crippen molar-refractivity contribution >= 4 is 39.0 Å². The monoisotopic (exact) mass is 473 g/mol. The number of benzene rings is 2. The van der Waals surface area contributed by atoms with Crippen molar-refractivity contribution in [1.29, 1.82) is 0 Å². The van der Waals surface area contributed by atoms with Crippen LogP contribution in [0.4, 0.5) is 16.0 Å². The summed E-state index contributed by atoms with van der Waals surface area (Å²) in [6, 6.07) is 17.8. The minimum atomic E-state index is -0.556. The smallest absolute Gasteiger partial charge is 0.320 e. The lowest BCUT2D eigenvalue weighted by atomic mass is 9.99. The second kappa shape index (κ2) is 8.68. The molecule has 0 unspecified atom stereocenters. The predicted molar refractivity (Wildman–Crippen MR) is 128 cm³/mol. The number of rotatable bonds is 5. The first-order valence-corrected chi connectivity index (χ1v) is 11.4. The third kappa shape index (κ3) is 4.01. The van der Waals surface area contributed by atoms with Crippen molar-refractivity contribution < 1.29 is 18.7 Å². The van der Waals surface area contributed by atoms with Crippen molar-refractivity contribution in [3.05, 3.63) is 77.6 Å². The van der Waals surface area contributed by atoms with Crippen LogP contribution in [0.25, 0.3) is 32.6 Å². The lowest BCUT2D eigenvalue weighted by molar-refractivity contribution is -0.779. The normalized spacial score (nSPS) is 12.1. The van der Waals surface area contributed by atoms with E-state index in [2.05, 4.69) is 10.3 Å². The van der Waals surface area contributed by atoms with E-state index in [1.54, 1.807) is 23.0 Å². The largest absolute Gasteiger partial charge is 0.857 e. The third-order valence-electron chi connectivity index (χ3n) is 5.31. The number of anilines is 1. The van der Waals surface area contributed by atoms with Gasteiger partial charge in [0.1, 0.15) is 10.6 Å². The lowest BCUT2D eigenvalue weighted by Crippen LogP contribution is -2.36. The maximum absolute atomic E-state index is 14.1. The highest BCUT2D eigenvalue weighted by molar-refractivity contribution is 7.21. The molecule has 0 bridgehead atoms. The van der Waals surface area contributed by atoms with Crippen LogP contribution in [-0.2, 0) is 0 Å². The van der Waals surface area contributed by atoms with Crippen molar-refractivity contribution in [1.82, 2.24) is 10.3 Å². The number of aliphatic imine (C=N–C) groups is 1. The Hall–Kier alpha value is -4.11. The maximum Gasteiger partial charge on any atom is 0.320 e. The van der Waals surface area contributed by atoms with E-state index >= 15 is 0 Å². The van der Waals surface area contributed by atoms with E-state index in [0.29, 0.717) is 27.0 Å². The van der Waals surface area contributed by atoms with Gasteiger partial charge < -0.3 is 10.8 Å². The third-order valence-corrected chi connectivity index (χ3v) is 6.40. The summed E-state index contributed by atoms with van der Waals surface area (Å²) in [6.45, 7) is 3.87. The van der Waals surface area contributed by atoms with Gasteiger partial charge in [-0.2, -0.15) is 0 Å². The van der Waals surface area contributed by atoms with Crippen molar-refractivity contribution in [3.63, 3.8) is 0 Å². The zero-order valence-corrected chi connectivity index (χ0v) is 19.2. The fourth-order valence-electron chi connectivity index (χ4n) is 3.61. The lowest BCUT2D eigenvalue weighted by Gasteiger charge is -2.10. The number of hydrogen-bond donors (Lipinski definition) is 1. The maximum atomic E-state index is 14.1. The summed E-state index contributed by atoms with van der Waals surface area (Å²) in [5, 5.41) is 17.5. The second-order valence-electron chi connectivity index (χ2n) is 7.99. The Labute approximate surface area is 198 Å². The van der Waals surface area contributed by atoms with Crippen molar-refractivity contribution in [2.24, 2.45) is 4.99 Å². The minimum Gasteiger partial charge on any atom is -0.857 e. The summed E-state index contributed by atoms with van der Waals surface area (Å²) in [7, 11) is 0. The highest BCUT2D eigenvalue weighted by atomic mass is 32.1. The van der Waals surface area contributed by atoms with Gasteiger partial charge in [0.05, 0.1) is 16.3 Å². The van der Waals surface area contributed by atoms with Gasteiger partial charge in [0, 0.05) is 16.8 Å². The molecule has 0 saturated carbocycles. The molecule has 5 rings (SSSR count). The Balaban J connectivity index is 1.70. The predicted octanol–water partition coefficient (Wildman–Crippen LogP) is 4.65. The van der Waals surface area contributed by atoms with E-state index in [-0.39, 0.29) is 28.3 Å². The average Bonchev–Trinajstić information content (AvgIpc) is 3.44. The molecule has 0 aliphatic rings. The van der Waals surface area contributed by atoms with Gasteiger partial charge >= 0.3 is 5.88 Å². The van der Waals surface area contributed by atoms with Crippen LogP contribution < -0.4 is 15.5 Å². The van der Waals surface area contributed by atoms with Gasteiger partial charge in [0.25, 0.3) is 6.20 Å². The number of halogens is 1. The number of nitrogens with zero attached hydrogens (tertiary/aromatic N) is 4. The van der Waals surface area contributed by atoms with Crippen LogP contribution in [-0.4, -0.2) is 16.2 Å². The molecule has 0 aliphatic carbocycles. The quantitative estimate of drug-likeness (QED) is 0.227. The zero-order valence-electron chi connectivity index (χ0n) is 18.4. The van der Waals surface area contributed by atoms with Crippen LogP contribution in [0, 0.1) is 5.82 Å². The van der Waals surface area contributed by atoms with Gasteiger partial charge in [-0.05, 0) is 47.9 Å². The molecule has 0 aliphatic heterocycles. The number of aromatic nitrogens is 3. The van der Waals surface area contributed by atoms with E-state index in [9.17, 15) is 9.50 Å². The number of pyridine rings is 1. The summed E-state index contributed by atoms with van der Waals surface area (Å²) < 4.78 is 20.8. The minimum absolute atomic E-state index is 0.0617. The molecule has 0 atom stereocenters. The molecule has 7 nitrogen and oxygen atoms in total. The number of hydrogen-bond acceptors (Lipinski definition) is 7. The highest BCUT2D eigenvalue weighted by Gasteiger charge is 2.19. The molecule has 34 heavy (non-hydrogen) atoms. The molecule has 3 heterocycles. The first kappa shape index (κ1) is 21.7. The summed E-state index contributed by atoms with van der Waals surface area (Å²) in [6.07, 6.45) is 1.55. The zero-order chi connectivity index (χ0) is 23.8.